The van der Waals surface area contributed by atoms with Gasteiger partial charge >= 0.3 is 5.97 Å². The topological polar surface area (TPSA) is 58.6 Å². The molecule has 1 aromatic rings. The van der Waals surface area contributed by atoms with E-state index in [0.717, 1.165) is 19.4 Å². The first-order valence-electron chi connectivity index (χ1n) is 5.99. The van der Waals surface area contributed by atoms with Gasteiger partial charge in [0.1, 0.15) is 0 Å². The number of nitrogens with one attached hydrogen (secondary N) is 1. The summed E-state index contributed by atoms with van der Waals surface area (Å²) in [5.41, 5.74) is 0.777. The van der Waals surface area contributed by atoms with Crippen molar-refractivity contribution in [1.29, 1.82) is 0 Å². The van der Waals surface area contributed by atoms with Crippen molar-refractivity contribution in [3.05, 3.63) is 28.8 Å². The molecule has 0 saturated carbocycles. The lowest BCUT2D eigenvalue weighted by molar-refractivity contribution is 0.0698. The molecule has 0 aliphatic heterocycles. The van der Waals surface area contributed by atoms with Gasteiger partial charge in [-0.1, -0.05) is 18.5 Å². The minimum absolute atomic E-state index is 0.192. The fourth-order valence-electron chi connectivity index (χ4n) is 1.49. The van der Waals surface area contributed by atoms with Crippen LogP contribution in [-0.2, 0) is 4.74 Å². The Morgan fingerprint density at radius 1 is 1.44 bits per heavy atom. The molecule has 0 amide bonds. The number of carboxylic acid groups (broad SMARTS) is 1. The maximum absolute atomic E-state index is 11.0. The van der Waals surface area contributed by atoms with E-state index in [0.29, 0.717) is 23.9 Å². The number of hydrogen-bond donors (Lipinski definition) is 2. The molecule has 4 nitrogen and oxygen atoms in total. The molecule has 0 aliphatic carbocycles. The number of rotatable bonds is 8. The second-order valence-corrected chi connectivity index (χ2v) is 4.32. The van der Waals surface area contributed by atoms with Crippen molar-refractivity contribution in [1.82, 2.24) is 0 Å². The van der Waals surface area contributed by atoms with Crippen molar-refractivity contribution in [3.63, 3.8) is 0 Å². The predicted molar refractivity (Wildman–Crippen MR) is 72.6 cm³/mol. The molecule has 100 valence electrons. The maximum Gasteiger partial charge on any atom is 0.337 e. The predicted octanol–water partition coefficient (Wildman–Crippen LogP) is 3.27. The van der Waals surface area contributed by atoms with Crippen LogP contribution in [0.4, 0.5) is 5.69 Å². The smallest absolute Gasteiger partial charge is 0.337 e. The third kappa shape index (κ3) is 4.94. The molecule has 0 unspecified atom stereocenters. The second kappa shape index (κ2) is 7.95. The highest BCUT2D eigenvalue weighted by atomic mass is 35.5. The quantitative estimate of drug-likeness (QED) is 0.713. The van der Waals surface area contributed by atoms with Crippen LogP contribution in [0.2, 0.25) is 5.02 Å². The molecular formula is C13H18ClNO3. The molecule has 1 rings (SSSR count). The van der Waals surface area contributed by atoms with Crippen molar-refractivity contribution in [3.8, 4) is 0 Å². The van der Waals surface area contributed by atoms with Gasteiger partial charge in [0.15, 0.2) is 0 Å². The van der Waals surface area contributed by atoms with Gasteiger partial charge in [0.05, 0.1) is 5.56 Å². The fraction of sp³-hybridized carbons (Fsp3) is 0.462. The summed E-state index contributed by atoms with van der Waals surface area (Å²) in [5.74, 6) is -0.984. The normalized spacial score (nSPS) is 10.3. The Balaban J connectivity index is 2.44. The number of aromatic carboxylic acids is 1. The van der Waals surface area contributed by atoms with Crippen molar-refractivity contribution in [2.75, 3.05) is 25.1 Å². The van der Waals surface area contributed by atoms with Crippen molar-refractivity contribution in [2.24, 2.45) is 0 Å². The molecule has 0 fully saturated rings. The standard InChI is InChI=1S/C13H18ClNO3/c1-2-7-18-8-3-6-15-12-5-4-10(14)9-11(12)13(16)17/h4-5,9,15H,2-3,6-8H2,1H3,(H,16,17). The summed E-state index contributed by atoms with van der Waals surface area (Å²) in [6.07, 6.45) is 1.84. The first kappa shape index (κ1) is 14.8. The van der Waals surface area contributed by atoms with E-state index in [1.165, 1.54) is 6.07 Å². The van der Waals surface area contributed by atoms with Crippen molar-refractivity contribution < 1.29 is 14.6 Å². The Morgan fingerprint density at radius 3 is 2.89 bits per heavy atom. The zero-order valence-electron chi connectivity index (χ0n) is 10.4. The third-order valence-corrected chi connectivity index (χ3v) is 2.58. The van der Waals surface area contributed by atoms with E-state index in [9.17, 15) is 4.79 Å². The first-order valence-corrected chi connectivity index (χ1v) is 6.37. The summed E-state index contributed by atoms with van der Waals surface area (Å²) < 4.78 is 5.34. The number of anilines is 1. The van der Waals surface area contributed by atoms with Crippen LogP contribution >= 0.6 is 11.6 Å². The number of carbonyl (C=O) groups is 1. The first-order chi connectivity index (χ1) is 8.65. The zero-order valence-corrected chi connectivity index (χ0v) is 11.2. The SMILES string of the molecule is CCCOCCCNc1ccc(Cl)cc1C(=O)O. The highest BCUT2D eigenvalue weighted by Gasteiger charge is 2.09. The summed E-state index contributed by atoms with van der Waals surface area (Å²) >= 11 is 5.77. The van der Waals surface area contributed by atoms with Crippen LogP contribution < -0.4 is 5.32 Å². The molecule has 0 aromatic heterocycles. The minimum Gasteiger partial charge on any atom is -0.478 e. The Kier molecular flexibility index (Phi) is 6.54. The average molecular weight is 272 g/mol. The summed E-state index contributed by atoms with van der Waals surface area (Å²) in [4.78, 5) is 11.0. The van der Waals surface area contributed by atoms with Crippen molar-refractivity contribution >= 4 is 23.3 Å². The highest BCUT2D eigenvalue weighted by molar-refractivity contribution is 6.31. The summed E-state index contributed by atoms with van der Waals surface area (Å²) in [6.45, 7) is 4.18. The molecule has 0 saturated heterocycles. The maximum atomic E-state index is 11.0. The number of ether oxygens (including phenoxy) is 1. The largest absolute Gasteiger partial charge is 0.478 e. The molecule has 0 aliphatic rings. The lowest BCUT2D eigenvalue weighted by Crippen LogP contribution is -2.09. The number of carboxylic acids is 1. The van der Waals surface area contributed by atoms with Crippen LogP contribution in [0.25, 0.3) is 0 Å². The number of halogens is 1. The van der Waals surface area contributed by atoms with Crippen LogP contribution in [0.5, 0.6) is 0 Å². The lowest BCUT2D eigenvalue weighted by Gasteiger charge is -2.10. The van der Waals surface area contributed by atoms with Gasteiger partial charge in [-0.15, -0.1) is 0 Å². The molecule has 0 atom stereocenters. The summed E-state index contributed by atoms with van der Waals surface area (Å²) in [7, 11) is 0. The molecule has 0 bridgehead atoms. The van der Waals surface area contributed by atoms with Gasteiger partial charge in [0, 0.05) is 30.5 Å². The van der Waals surface area contributed by atoms with E-state index in [1.807, 2.05) is 0 Å². The Hall–Kier alpha value is -1.26. The fourth-order valence-corrected chi connectivity index (χ4v) is 1.66. The summed E-state index contributed by atoms with van der Waals surface area (Å²) in [6, 6.07) is 4.79. The third-order valence-electron chi connectivity index (χ3n) is 2.34. The Morgan fingerprint density at radius 2 is 2.22 bits per heavy atom. The van der Waals surface area contributed by atoms with Crippen LogP contribution in [0, 0.1) is 0 Å². The van der Waals surface area contributed by atoms with Crippen LogP contribution in [0.1, 0.15) is 30.1 Å². The molecule has 0 heterocycles. The van der Waals surface area contributed by atoms with Gasteiger partial charge in [0.2, 0.25) is 0 Å². The summed E-state index contributed by atoms with van der Waals surface area (Å²) in [5, 5.41) is 12.5. The molecule has 18 heavy (non-hydrogen) atoms. The molecule has 5 heteroatoms. The number of hydrogen-bond acceptors (Lipinski definition) is 3. The Bertz CT molecular complexity index is 396. The van der Waals surface area contributed by atoms with Gasteiger partial charge in [0.25, 0.3) is 0 Å². The minimum atomic E-state index is -0.984. The number of benzene rings is 1. The molecule has 2 N–H and O–H groups in total. The van der Waals surface area contributed by atoms with Crippen LogP contribution in [0.15, 0.2) is 18.2 Å². The highest BCUT2D eigenvalue weighted by Crippen LogP contribution is 2.20. The average Bonchev–Trinajstić information content (AvgIpc) is 2.35. The van der Waals surface area contributed by atoms with Gasteiger partial charge in [-0.05, 0) is 31.0 Å². The monoisotopic (exact) mass is 271 g/mol. The van der Waals surface area contributed by atoms with Gasteiger partial charge in [-0.3, -0.25) is 0 Å². The zero-order chi connectivity index (χ0) is 13.4. The van der Waals surface area contributed by atoms with Gasteiger partial charge in [-0.2, -0.15) is 0 Å². The van der Waals surface area contributed by atoms with E-state index in [4.69, 9.17) is 21.4 Å². The van der Waals surface area contributed by atoms with E-state index < -0.39 is 5.97 Å². The van der Waals surface area contributed by atoms with Gasteiger partial charge in [-0.25, -0.2) is 4.79 Å². The molecule has 1 aromatic carbocycles. The van der Waals surface area contributed by atoms with Crippen LogP contribution in [0.3, 0.4) is 0 Å². The van der Waals surface area contributed by atoms with E-state index in [-0.39, 0.29) is 5.56 Å². The second-order valence-electron chi connectivity index (χ2n) is 3.89. The van der Waals surface area contributed by atoms with E-state index in [1.54, 1.807) is 12.1 Å². The van der Waals surface area contributed by atoms with E-state index in [2.05, 4.69) is 12.2 Å². The van der Waals surface area contributed by atoms with Crippen LogP contribution in [-0.4, -0.2) is 30.8 Å². The molecule has 0 radical (unpaired) electrons. The molecule has 0 spiro atoms. The molecular weight excluding hydrogens is 254 g/mol. The van der Waals surface area contributed by atoms with E-state index >= 15 is 0 Å². The Labute approximate surface area is 112 Å². The van der Waals surface area contributed by atoms with Crippen molar-refractivity contribution in [2.45, 2.75) is 19.8 Å². The lowest BCUT2D eigenvalue weighted by atomic mass is 10.2. The van der Waals surface area contributed by atoms with Gasteiger partial charge < -0.3 is 15.2 Å².